The predicted octanol–water partition coefficient (Wildman–Crippen LogP) is 4.16. The molecule has 3 heterocycles. The van der Waals surface area contributed by atoms with Crippen LogP contribution in [0.15, 0.2) is 52.3 Å². The summed E-state index contributed by atoms with van der Waals surface area (Å²) in [5.41, 5.74) is 0.588. The normalized spacial score (nSPS) is 11.3. The van der Waals surface area contributed by atoms with Gasteiger partial charge < -0.3 is 9.88 Å². The molecule has 3 aromatic heterocycles. The van der Waals surface area contributed by atoms with Gasteiger partial charge in [0.15, 0.2) is 17.5 Å². The van der Waals surface area contributed by atoms with Gasteiger partial charge in [-0.25, -0.2) is 32.3 Å². The van der Waals surface area contributed by atoms with Crippen LogP contribution in [0.25, 0.3) is 16.7 Å². The minimum absolute atomic E-state index is 0.0790. The van der Waals surface area contributed by atoms with Gasteiger partial charge >= 0.3 is 11.4 Å². The molecule has 0 aliphatic heterocycles. The number of halogens is 4. The van der Waals surface area contributed by atoms with Gasteiger partial charge in [-0.2, -0.15) is 4.98 Å². The van der Waals surface area contributed by atoms with Crippen molar-refractivity contribution < 1.29 is 13.2 Å². The Morgan fingerprint density at radius 2 is 1.68 bits per heavy atom. The van der Waals surface area contributed by atoms with Crippen LogP contribution < -0.4 is 16.7 Å². The van der Waals surface area contributed by atoms with Crippen molar-refractivity contribution >= 4 is 34.3 Å². The number of nitrogens with zero attached hydrogens (tertiary/aromatic N) is 6. The van der Waals surface area contributed by atoms with E-state index in [2.05, 4.69) is 20.3 Å². The summed E-state index contributed by atoms with van der Waals surface area (Å²) < 4.78 is 45.1. The first-order valence-electron chi connectivity index (χ1n) is 11.2. The second-order valence-electron chi connectivity index (χ2n) is 8.68. The molecule has 9 nitrogen and oxygen atoms in total. The van der Waals surface area contributed by atoms with Crippen molar-refractivity contribution in [1.82, 2.24) is 28.7 Å². The number of nitrogens with one attached hydrogen (secondary N) is 1. The SMILES string of the molecule is Cc1cncc(-n2c(=O)nc(Nc3cc4c(cc3Cl)nc(C)n4C)n(Cc3cc(F)c(F)c(F)c3)c2=O)c1. The Morgan fingerprint density at radius 1 is 0.974 bits per heavy atom. The molecule has 13 heteroatoms. The molecule has 0 atom stereocenters. The van der Waals surface area contributed by atoms with Gasteiger partial charge in [0.2, 0.25) is 5.95 Å². The summed E-state index contributed by atoms with van der Waals surface area (Å²) in [6, 6.07) is 6.35. The Bertz CT molecular complexity index is 1840. The maximum Gasteiger partial charge on any atom is 0.359 e. The van der Waals surface area contributed by atoms with Crippen LogP contribution in [0.4, 0.5) is 24.8 Å². The van der Waals surface area contributed by atoms with E-state index in [0.29, 0.717) is 22.3 Å². The fourth-order valence-electron chi connectivity index (χ4n) is 4.05. The van der Waals surface area contributed by atoms with Crippen molar-refractivity contribution in [2.24, 2.45) is 7.05 Å². The van der Waals surface area contributed by atoms with Crippen molar-refractivity contribution in [2.75, 3.05) is 5.32 Å². The predicted molar refractivity (Wildman–Crippen MR) is 136 cm³/mol. The molecule has 0 saturated carbocycles. The second-order valence-corrected chi connectivity index (χ2v) is 9.09. The Balaban J connectivity index is 1.70. The average Bonchev–Trinajstić information content (AvgIpc) is 3.12. The molecular formula is C25H19ClF3N7O2. The van der Waals surface area contributed by atoms with Crippen LogP contribution in [0.5, 0.6) is 0 Å². The highest BCUT2D eigenvalue weighted by Crippen LogP contribution is 2.30. The van der Waals surface area contributed by atoms with Gasteiger partial charge in [-0.1, -0.05) is 11.6 Å². The summed E-state index contributed by atoms with van der Waals surface area (Å²) in [7, 11) is 1.81. The molecule has 0 aliphatic rings. The van der Waals surface area contributed by atoms with Gasteiger partial charge in [-0.15, -0.1) is 0 Å². The van der Waals surface area contributed by atoms with Gasteiger partial charge in [0, 0.05) is 13.2 Å². The quantitative estimate of drug-likeness (QED) is 0.336. The highest BCUT2D eigenvalue weighted by atomic mass is 35.5. The molecule has 5 aromatic rings. The number of benzene rings is 2. The zero-order valence-corrected chi connectivity index (χ0v) is 21.0. The minimum atomic E-state index is -1.64. The van der Waals surface area contributed by atoms with E-state index in [1.165, 1.54) is 6.20 Å². The van der Waals surface area contributed by atoms with Crippen molar-refractivity contribution in [2.45, 2.75) is 20.4 Å². The first kappa shape index (κ1) is 25.2. The maximum atomic E-state index is 14.0. The van der Waals surface area contributed by atoms with E-state index in [4.69, 9.17) is 11.6 Å². The smallest absolute Gasteiger partial charge is 0.331 e. The summed E-state index contributed by atoms with van der Waals surface area (Å²) in [5.74, 6) is -4.00. The number of aromatic nitrogens is 6. The third-order valence-corrected chi connectivity index (χ3v) is 6.33. The third-order valence-electron chi connectivity index (χ3n) is 6.01. The molecule has 0 spiro atoms. The summed E-state index contributed by atoms with van der Waals surface area (Å²) in [6.07, 6.45) is 2.85. The van der Waals surface area contributed by atoms with E-state index < -0.39 is 35.4 Å². The molecule has 0 fully saturated rings. The first-order valence-corrected chi connectivity index (χ1v) is 11.6. The lowest BCUT2D eigenvalue weighted by atomic mass is 10.2. The van der Waals surface area contributed by atoms with E-state index in [1.807, 2.05) is 18.5 Å². The van der Waals surface area contributed by atoms with Gasteiger partial charge in [-0.05, 0) is 55.3 Å². The van der Waals surface area contributed by atoms with Gasteiger partial charge in [0.05, 0.1) is 40.2 Å². The molecular weight excluding hydrogens is 523 g/mol. The Hall–Kier alpha value is -4.45. The van der Waals surface area contributed by atoms with Crippen LogP contribution in [0, 0.1) is 31.3 Å². The van der Waals surface area contributed by atoms with Crippen molar-refractivity contribution in [3.05, 3.63) is 103 Å². The molecule has 0 bridgehead atoms. The third kappa shape index (κ3) is 4.43. The first-order chi connectivity index (χ1) is 18.0. The summed E-state index contributed by atoms with van der Waals surface area (Å²) in [4.78, 5) is 39.1. The second kappa shape index (κ2) is 9.45. The molecule has 0 saturated heterocycles. The van der Waals surface area contributed by atoms with Gasteiger partial charge in [0.1, 0.15) is 5.82 Å². The molecule has 0 amide bonds. The van der Waals surface area contributed by atoms with E-state index in [-0.39, 0.29) is 22.2 Å². The number of imidazole rings is 1. The average molecular weight is 542 g/mol. The fraction of sp³-hybridized carbons (Fsp3) is 0.160. The number of hydrogen-bond donors (Lipinski definition) is 1. The summed E-state index contributed by atoms with van der Waals surface area (Å²) >= 11 is 6.45. The number of rotatable bonds is 5. The highest BCUT2D eigenvalue weighted by molar-refractivity contribution is 6.34. The summed E-state index contributed by atoms with van der Waals surface area (Å²) in [6.45, 7) is 3.10. The van der Waals surface area contributed by atoms with Crippen molar-refractivity contribution in [3.8, 4) is 5.69 Å². The number of fused-ring (bicyclic) bond motifs is 1. The van der Waals surface area contributed by atoms with Crippen LogP contribution in [0.3, 0.4) is 0 Å². The Morgan fingerprint density at radius 3 is 2.37 bits per heavy atom. The molecule has 0 radical (unpaired) electrons. The molecule has 194 valence electrons. The minimum Gasteiger partial charge on any atom is -0.331 e. The molecule has 1 N–H and O–H groups in total. The number of hydrogen-bond acceptors (Lipinski definition) is 6. The summed E-state index contributed by atoms with van der Waals surface area (Å²) in [5, 5.41) is 3.11. The largest absolute Gasteiger partial charge is 0.359 e. The lowest BCUT2D eigenvalue weighted by Crippen LogP contribution is -2.41. The van der Waals surface area contributed by atoms with Crippen molar-refractivity contribution in [3.63, 3.8) is 0 Å². The highest BCUT2D eigenvalue weighted by Gasteiger charge is 2.19. The van der Waals surface area contributed by atoms with Gasteiger partial charge in [0.25, 0.3) is 0 Å². The van der Waals surface area contributed by atoms with Crippen molar-refractivity contribution in [1.29, 1.82) is 0 Å². The Labute approximate surface area is 217 Å². The molecule has 5 rings (SSSR count). The van der Waals surface area contributed by atoms with Crippen LogP contribution in [0.1, 0.15) is 17.0 Å². The Kier molecular flexibility index (Phi) is 6.27. The molecule has 0 unspecified atom stereocenters. The zero-order valence-electron chi connectivity index (χ0n) is 20.3. The van der Waals surface area contributed by atoms with Crippen LogP contribution >= 0.6 is 11.6 Å². The lowest BCUT2D eigenvalue weighted by molar-refractivity contribution is 0.444. The van der Waals surface area contributed by atoms with E-state index in [0.717, 1.165) is 27.1 Å². The van der Waals surface area contributed by atoms with E-state index in [1.54, 1.807) is 31.3 Å². The van der Waals surface area contributed by atoms with Crippen LogP contribution in [-0.2, 0) is 13.6 Å². The zero-order chi connectivity index (χ0) is 27.3. The monoisotopic (exact) mass is 541 g/mol. The van der Waals surface area contributed by atoms with Gasteiger partial charge in [-0.3, -0.25) is 9.55 Å². The van der Waals surface area contributed by atoms with E-state index in [9.17, 15) is 22.8 Å². The maximum absolute atomic E-state index is 14.0. The lowest BCUT2D eigenvalue weighted by Gasteiger charge is -2.17. The topological polar surface area (TPSA) is 99.6 Å². The van der Waals surface area contributed by atoms with Crippen LogP contribution in [0.2, 0.25) is 5.02 Å². The molecule has 0 aliphatic carbocycles. The fourth-order valence-corrected chi connectivity index (χ4v) is 4.25. The molecule has 38 heavy (non-hydrogen) atoms. The molecule has 2 aromatic carbocycles. The van der Waals surface area contributed by atoms with E-state index >= 15 is 0 Å². The standard InChI is InChI=1S/C25H19ClF3N7O2/c1-12-4-15(10-30-9-12)36-24(37)33-23(32-19-8-21-20(7-16(19)26)31-13(2)34(21)3)35(25(36)38)11-14-5-17(27)22(29)18(28)6-14/h4-10H,11H2,1-3H3,(H,32,33,37). The van der Waals surface area contributed by atoms with Crippen LogP contribution in [-0.4, -0.2) is 28.7 Å². The number of anilines is 2. The number of pyridine rings is 1. The number of aryl methyl sites for hydroxylation is 3.